The highest BCUT2D eigenvalue weighted by molar-refractivity contribution is 6.08. The lowest BCUT2D eigenvalue weighted by molar-refractivity contribution is 0.777. The SMILES string of the molecule is C1=CC(c2ccccc2)(c2ccc(N(c3ccccc3)c3ccccc3)cc2)C2=C(C3c4ccccc4-c4ccccc43)c3ccccc3C2=C1. The summed E-state index contributed by atoms with van der Waals surface area (Å²) >= 11 is 0. The molecular weight excluding hydrogens is 615 g/mol. The molecule has 3 aliphatic rings. The van der Waals surface area contributed by atoms with Crippen molar-refractivity contribution in [2.75, 3.05) is 4.90 Å². The quantitative estimate of drug-likeness (QED) is 0.173. The van der Waals surface area contributed by atoms with E-state index in [4.69, 9.17) is 0 Å². The zero-order valence-corrected chi connectivity index (χ0v) is 28.2. The summed E-state index contributed by atoms with van der Waals surface area (Å²) < 4.78 is 0. The molecular formula is C50H35N. The Labute approximate surface area is 299 Å². The van der Waals surface area contributed by atoms with Crippen LogP contribution in [-0.4, -0.2) is 0 Å². The number of hydrogen-bond donors (Lipinski definition) is 0. The molecule has 0 N–H and O–H groups in total. The largest absolute Gasteiger partial charge is 0.311 e. The van der Waals surface area contributed by atoms with Crippen LogP contribution in [0.15, 0.2) is 212 Å². The first-order valence-corrected chi connectivity index (χ1v) is 17.8. The summed E-state index contributed by atoms with van der Waals surface area (Å²) in [4.78, 5) is 2.34. The van der Waals surface area contributed by atoms with Crippen molar-refractivity contribution >= 4 is 28.2 Å². The summed E-state index contributed by atoms with van der Waals surface area (Å²) in [5.74, 6) is 0.111. The Balaban J connectivity index is 1.23. The molecule has 0 spiro atoms. The molecule has 1 unspecified atom stereocenters. The van der Waals surface area contributed by atoms with E-state index in [9.17, 15) is 0 Å². The number of hydrogen-bond acceptors (Lipinski definition) is 1. The van der Waals surface area contributed by atoms with Gasteiger partial charge in [-0.05, 0) is 97.6 Å². The van der Waals surface area contributed by atoms with Crippen molar-refractivity contribution in [1.29, 1.82) is 0 Å². The molecule has 0 radical (unpaired) electrons. The van der Waals surface area contributed by atoms with Gasteiger partial charge in [0.05, 0.1) is 5.41 Å². The fraction of sp³-hybridized carbons (Fsp3) is 0.0400. The van der Waals surface area contributed by atoms with Gasteiger partial charge in [0, 0.05) is 23.0 Å². The third kappa shape index (κ3) is 4.48. The highest BCUT2D eigenvalue weighted by Gasteiger charge is 2.47. The number of fused-ring (bicyclic) bond motifs is 6. The standard InChI is InChI=1S/C50H35N/c1-4-17-35(18-5-1)50(36-30-32-39(33-31-36)51(37-19-6-2-7-20-37)38-21-8-3-9-22-38)34-16-29-46-42-25-12-15-28-45(42)48(49(46)50)47-43-26-13-10-23-40(43)41-24-11-14-27-44(41)47/h1-34,47H. The minimum Gasteiger partial charge on any atom is -0.311 e. The Hall–Kier alpha value is -6.44. The summed E-state index contributed by atoms with van der Waals surface area (Å²) in [6, 6.07) is 68.8. The molecule has 0 saturated carbocycles. The van der Waals surface area contributed by atoms with E-state index in [0.29, 0.717) is 0 Å². The molecule has 0 aliphatic heterocycles. The Bertz CT molecular complexity index is 2420. The molecule has 0 bridgehead atoms. The summed E-state index contributed by atoms with van der Waals surface area (Å²) in [5.41, 5.74) is 17.6. The molecule has 51 heavy (non-hydrogen) atoms. The zero-order valence-electron chi connectivity index (χ0n) is 28.2. The fourth-order valence-corrected chi connectivity index (χ4v) is 8.93. The van der Waals surface area contributed by atoms with Gasteiger partial charge in [-0.15, -0.1) is 0 Å². The molecule has 0 amide bonds. The third-order valence-corrected chi connectivity index (χ3v) is 11.0. The van der Waals surface area contributed by atoms with Crippen LogP contribution in [0.4, 0.5) is 17.1 Å². The van der Waals surface area contributed by atoms with Gasteiger partial charge in [0.15, 0.2) is 0 Å². The molecule has 7 aromatic carbocycles. The number of allylic oxidation sites excluding steroid dienone is 6. The predicted octanol–water partition coefficient (Wildman–Crippen LogP) is 12.7. The molecule has 3 aliphatic carbocycles. The Morgan fingerprint density at radius 1 is 0.392 bits per heavy atom. The van der Waals surface area contributed by atoms with Gasteiger partial charge in [0.1, 0.15) is 0 Å². The molecule has 1 heteroatoms. The maximum absolute atomic E-state index is 2.45. The second-order valence-corrected chi connectivity index (χ2v) is 13.6. The van der Waals surface area contributed by atoms with E-state index in [1.54, 1.807) is 0 Å². The van der Waals surface area contributed by atoms with E-state index < -0.39 is 5.41 Å². The van der Waals surface area contributed by atoms with Crippen LogP contribution in [0.1, 0.15) is 39.3 Å². The summed E-state index contributed by atoms with van der Waals surface area (Å²) in [7, 11) is 0. The average molecular weight is 650 g/mol. The summed E-state index contributed by atoms with van der Waals surface area (Å²) in [6.45, 7) is 0. The van der Waals surface area contributed by atoms with Gasteiger partial charge in [0.25, 0.3) is 0 Å². The average Bonchev–Trinajstić information content (AvgIpc) is 3.72. The molecule has 0 fully saturated rings. The lowest BCUT2D eigenvalue weighted by Gasteiger charge is -2.39. The summed E-state index contributed by atoms with van der Waals surface area (Å²) in [6.07, 6.45) is 7.08. The maximum atomic E-state index is 2.45. The van der Waals surface area contributed by atoms with Crippen LogP contribution in [0.2, 0.25) is 0 Å². The molecule has 0 aromatic heterocycles. The topological polar surface area (TPSA) is 3.24 Å². The number of rotatable bonds is 6. The lowest BCUT2D eigenvalue weighted by Crippen LogP contribution is -2.30. The molecule has 1 atom stereocenters. The van der Waals surface area contributed by atoms with Crippen molar-refractivity contribution in [3.05, 3.63) is 245 Å². The van der Waals surface area contributed by atoms with Crippen molar-refractivity contribution in [2.24, 2.45) is 0 Å². The monoisotopic (exact) mass is 649 g/mol. The first kappa shape index (κ1) is 29.5. The second kappa shape index (κ2) is 11.9. The Morgan fingerprint density at radius 2 is 0.843 bits per heavy atom. The van der Waals surface area contributed by atoms with Crippen LogP contribution in [0.3, 0.4) is 0 Å². The molecule has 0 heterocycles. The van der Waals surface area contributed by atoms with Gasteiger partial charge in [-0.2, -0.15) is 0 Å². The van der Waals surface area contributed by atoms with Crippen molar-refractivity contribution in [3.8, 4) is 11.1 Å². The van der Waals surface area contributed by atoms with Crippen molar-refractivity contribution < 1.29 is 0 Å². The summed E-state index contributed by atoms with van der Waals surface area (Å²) in [5, 5.41) is 0. The minimum atomic E-state index is -0.519. The van der Waals surface area contributed by atoms with Gasteiger partial charge in [-0.25, -0.2) is 0 Å². The second-order valence-electron chi connectivity index (χ2n) is 13.6. The van der Waals surface area contributed by atoms with Crippen molar-refractivity contribution in [2.45, 2.75) is 11.3 Å². The zero-order chi connectivity index (χ0) is 33.8. The molecule has 1 nitrogen and oxygen atoms in total. The third-order valence-electron chi connectivity index (χ3n) is 11.0. The van der Waals surface area contributed by atoms with E-state index in [0.717, 1.165) is 17.1 Å². The fourth-order valence-electron chi connectivity index (χ4n) is 8.93. The number of anilines is 3. The highest BCUT2D eigenvalue weighted by Crippen LogP contribution is 2.62. The van der Waals surface area contributed by atoms with Crippen LogP contribution >= 0.6 is 0 Å². The minimum absolute atomic E-state index is 0.111. The number of para-hydroxylation sites is 2. The first-order chi connectivity index (χ1) is 25.3. The van der Waals surface area contributed by atoms with Crippen LogP contribution in [0.5, 0.6) is 0 Å². The van der Waals surface area contributed by atoms with Crippen LogP contribution in [-0.2, 0) is 5.41 Å². The van der Waals surface area contributed by atoms with Crippen LogP contribution < -0.4 is 4.90 Å². The molecule has 7 aromatic rings. The van der Waals surface area contributed by atoms with E-state index in [-0.39, 0.29) is 5.92 Å². The van der Waals surface area contributed by atoms with E-state index in [2.05, 4.69) is 211 Å². The van der Waals surface area contributed by atoms with Gasteiger partial charge >= 0.3 is 0 Å². The normalized spacial score (nSPS) is 17.0. The van der Waals surface area contributed by atoms with Gasteiger partial charge in [-0.1, -0.05) is 170 Å². The molecule has 240 valence electrons. The van der Waals surface area contributed by atoms with Gasteiger partial charge in [-0.3, -0.25) is 0 Å². The molecule has 10 rings (SSSR count). The van der Waals surface area contributed by atoms with Crippen LogP contribution in [0, 0.1) is 0 Å². The number of nitrogens with zero attached hydrogens (tertiary/aromatic N) is 1. The van der Waals surface area contributed by atoms with Crippen molar-refractivity contribution in [1.82, 2.24) is 0 Å². The highest BCUT2D eigenvalue weighted by atomic mass is 15.1. The van der Waals surface area contributed by atoms with E-state index in [1.807, 2.05) is 0 Å². The predicted molar refractivity (Wildman–Crippen MR) is 213 cm³/mol. The van der Waals surface area contributed by atoms with Gasteiger partial charge in [0.2, 0.25) is 0 Å². The van der Waals surface area contributed by atoms with Crippen LogP contribution in [0.25, 0.3) is 22.3 Å². The Morgan fingerprint density at radius 3 is 1.43 bits per heavy atom. The number of benzene rings is 7. The molecule has 0 saturated heterocycles. The lowest BCUT2D eigenvalue weighted by atomic mass is 9.63. The van der Waals surface area contributed by atoms with E-state index in [1.165, 1.54) is 61.2 Å². The maximum Gasteiger partial charge on any atom is 0.0644 e. The smallest absolute Gasteiger partial charge is 0.0644 e. The first-order valence-electron chi connectivity index (χ1n) is 17.8. The van der Waals surface area contributed by atoms with Gasteiger partial charge < -0.3 is 4.90 Å². The Kier molecular flexibility index (Phi) is 6.85. The van der Waals surface area contributed by atoms with E-state index >= 15 is 0 Å². The van der Waals surface area contributed by atoms with Crippen molar-refractivity contribution in [3.63, 3.8) is 0 Å².